The van der Waals surface area contributed by atoms with E-state index in [1.807, 2.05) is 0 Å². The van der Waals surface area contributed by atoms with Crippen molar-refractivity contribution in [1.29, 1.82) is 0 Å². The molecule has 0 saturated carbocycles. The molecule has 0 aliphatic rings. The summed E-state index contributed by atoms with van der Waals surface area (Å²) in [5.74, 6) is 0.726. The first kappa shape index (κ1) is 18.8. The van der Waals surface area contributed by atoms with Gasteiger partial charge >= 0.3 is 0 Å². The van der Waals surface area contributed by atoms with E-state index in [1.165, 1.54) is 6.42 Å². The van der Waals surface area contributed by atoms with Crippen molar-refractivity contribution in [3.8, 4) is 0 Å². The van der Waals surface area contributed by atoms with E-state index in [0.29, 0.717) is 19.3 Å². The van der Waals surface area contributed by atoms with Crippen LogP contribution in [0.2, 0.25) is 0 Å². The zero-order valence-electron chi connectivity index (χ0n) is 13.2. The van der Waals surface area contributed by atoms with Gasteiger partial charge in [0.15, 0.2) is 0 Å². The zero-order chi connectivity index (χ0) is 14.3. The van der Waals surface area contributed by atoms with Crippen LogP contribution < -0.4 is 5.32 Å². The Kier molecular flexibility index (Phi) is 14.1. The number of hydrogen-bond acceptors (Lipinski definition) is 4. The number of ether oxygens (including phenoxy) is 3. The monoisotopic (exact) mass is 275 g/mol. The van der Waals surface area contributed by atoms with Crippen molar-refractivity contribution in [2.45, 2.75) is 46.1 Å². The molecule has 0 rings (SSSR count). The minimum absolute atomic E-state index is 0.323. The van der Waals surface area contributed by atoms with E-state index in [4.69, 9.17) is 14.2 Å². The molecule has 116 valence electrons. The lowest BCUT2D eigenvalue weighted by molar-refractivity contribution is 0.00496. The number of hydrogen-bond donors (Lipinski definition) is 1. The smallest absolute Gasteiger partial charge is 0.0704 e. The molecule has 0 aliphatic heterocycles. The summed E-state index contributed by atoms with van der Waals surface area (Å²) in [6.07, 6.45) is 3.55. The van der Waals surface area contributed by atoms with Crippen molar-refractivity contribution < 1.29 is 14.2 Å². The van der Waals surface area contributed by atoms with E-state index in [1.54, 1.807) is 7.11 Å². The molecule has 0 spiro atoms. The number of nitrogens with one attached hydrogen (secondary N) is 1. The first-order chi connectivity index (χ1) is 9.16. The van der Waals surface area contributed by atoms with Gasteiger partial charge < -0.3 is 19.5 Å². The Bertz CT molecular complexity index is 177. The number of methoxy groups -OCH3 is 1. The van der Waals surface area contributed by atoms with Crippen LogP contribution >= 0.6 is 0 Å². The van der Waals surface area contributed by atoms with Gasteiger partial charge in [-0.2, -0.15) is 0 Å². The van der Waals surface area contributed by atoms with Crippen LogP contribution in [0.25, 0.3) is 0 Å². The van der Waals surface area contributed by atoms with Gasteiger partial charge in [-0.15, -0.1) is 0 Å². The minimum atomic E-state index is 0.323. The van der Waals surface area contributed by atoms with Gasteiger partial charge in [-0.3, -0.25) is 0 Å². The molecule has 0 radical (unpaired) electrons. The molecule has 0 aliphatic carbocycles. The molecular weight excluding hydrogens is 242 g/mol. The highest BCUT2D eigenvalue weighted by molar-refractivity contribution is 4.55. The lowest BCUT2D eigenvalue weighted by Crippen LogP contribution is -2.22. The maximum Gasteiger partial charge on any atom is 0.0704 e. The zero-order valence-corrected chi connectivity index (χ0v) is 13.2. The topological polar surface area (TPSA) is 39.7 Å². The third kappa shape index (κ3) is 15.8. The number of rotatable bonds is 14. The molecule has 0 aromatic rings. The second kappa shape index (κ2) is 14.3. The second-order valence-electron chi connectivity index (χ2n) is 5.38. The van der Waals surface area contributed by atoms with E-state index in [2.05, 4.69) is 26.1 Å². The average molecular weight is 275 g/mol. The highest BCUT2D eigenvalue weighted by Crippen LogP contribution is 2.01. The molecule has 0 saturated heterocycles. The molecule has 1 unspecified atom stereocenters. The van der Waals surface area contributed by atoms with Crippen molar-refractivity contribution in [3.63, 3.8) is 0 Å². The van der Waals surface area contributed by atoms with E-state index in [9.17, 15) is 0 Å². The third-order valence-electron chi connectivity index (χ3n) is 2.78. The van der Waals surface area contributed by atoms with Crippen LogP contribution in [0.15, 0.2) is 0 Å². The molecule has 0 bridgehead atoms. The van der Waals surface area contributed by atoms with Crippen LogP contribution in [0, 0.1) is 5.92 Å². The molecular formula is C15H33NO3. The van der Waals surface area contributed by atoms with Crippen molar-refractivity contribution in [3.05, 3.63) is 0 Å². The van der Waals surface area contributed by atoms with Gasteiger partial charge in [0.25, 0.3) is 0 Å². The van der Waals surface area contributed by atoms with Gasteiger partial charge in [0.05, 0.1) is 19.3 Å². The molecule has 0 aromatic carbocycles. The van der Waals surface area contributed by atoms with E-state index in [0.717, 1.165) is 45.1 Å². The Morgan fingerprint density at radius 2 is 1.74 bits per heavy atom. The summed E-state index contributed by atoms with van der Waals surface area (Å²) in [6.45, 7) is 11.7. The van der Waals surface area contributed by atoms with Crippen LogP contribution in [-0.4, -0.2) is 52.7 Å². The summed E-state index contributed by atoms with van der Waals surface area (Å²) in [4.78, 5) is 0. The van der Waals surface area contributed by atoms with Gasteiger partial charge in [0.1, 0.15) is 0 Å². The Morgan fingerprint density at radius 1 is 0.947 bits per heavy atom. The largest absolute Gasteiger partial charge is 0.385 e. The SMILES string of the molecule is COCCCOCCOC(C)CCCNCC(C)C. The quantitative estimate of drug-likeness (QED) is 0.494. The Balaban J connectivity index is 3.14. The summed E-state index contributed by atoms with van der Waals surface area (Å²) >= 11 is 0. The molecule has 0 aromatic heterocycles. The molecule has 0 amide bonds. The predicted molar refractivity (Wildman–Crippen MR) is 79.7 cm³/mol. The molecule has 1 atom stereocenters. The van der Waals surface area contributed by atoms with E-state index < -0.39 is 0 Å². The second-order valence-corrected chi connectivity index (χ2v) is 5.38. The first-order valence-electron chi connectivity index (χ1n) is 7.55. The van der Waals surface area contributed by atoms with Crippen LogP contribution in [0.5, 0.6) is 0 Å². The maximum absolute atomic E-state index is 5.69. The fraction of sp³-hybridized carbons (Fsp3) is 1.00. The van der Waals surface area contributed by atoms with Crippen molar-refractivity contribution >= 4 is 0 Å². The minimum Gasteiger partial charge on any atom is -0.385 e. The van der Waals surface area contributed by atoms with Gasteiger partial charge in [-0.05, 0) is 45.2 Å². The summed E-state index contributed by atoms with van der Waals surface area (Å²) in [7, 11) is 1.71. The summed E-state index contributed by atoms with van der Waals surface area (Å²) in [5.41, 5.74) is 0. The molecule has 0 fully saturated rings. The fourth-order valence-corrected chi connectivity index (χ4v) is 1.70. The predicted octanol–water partition coefficient (Wildman–Crippen LogP) is 2.47. The van der Waals surface area contributed by atoms with Crippen LogP contribution in [0.3, 0.4) is 0 Å². The summed E-state index contributed by atoms with van der Waals surface area (Å²) in [6, 6.07) is 0. The highest BCUT2D eigenvalue weighted by Gasteiger charge is 2.02. The Hall–Kier alpha value is -0.160. The van der Waals surface area contributed by atoms with Gasteiger partial charge in [0, 0.05) is 20.3 Å². The molecule has 19 heavy (non-hydrogen) atoms. The van der Waals surface area contributed by atoms with Gasteiger partial charge in [0.2, 0.25) is 0 Å². The maximum atomic E-state index is 5.69. The van der Waals surface area contributed by atoms with E-state index >= 15 is 0 Å². The third-order valence-corrected chi connectivity index (χ3v) is 2.78. The lowest BCUT2D eigenvalue weighted by Gasteiger charge is -2.14. The standard InChI is InChI=1S/C15H33NO3/c1-14(2)13-16-8-5-7-15(3)19-12-11-18-10-6-9-17-4/h14-16H,5-13H2,1-4H3. The van der Waals surface area contributed by atoms with Crippen LogP contribution in [0.4, 0.5) is 0 Å². The molecule has 0 heterocycles. The summed E-state index contributed by atoms with van der Waals surface area (Å²) < 4.78 is 16.1. The first-order valence-corrected chi connectivity index (χ1v) is 7.55. The molecule has 4 heteroatoms. The Morgan fingerprint density at radius 3 is 2.42 bits per heavy atom. The van der Waals surface area contributed by atoms with Gasteiger partial charge in [-0.25, -0.2) is 0 Å². The molecule has 1 N–H and O–H groups in total. The highest BCUT2D eigenvalue weighted by atomic mass is 16.5. The van der Waals surface area contributed by atoms with Gasteiger partial charge in [-0.1, -0.05) is 13.8 Å². The normalized spacial score (nSPS) is 13.1. The van der Waals surface area contributed by atoms with Crippen molar-refractivity contribution in [1.82, 2.24) is 5.32 Å². The average Bonchev–Trinajstić information content (AvgIpc) is 2.37. The fourth-order valence-electron chi connectivity index (χ4n) is 1.70. The lowest BCUT2D eigenvalue weighted by atomic mass is 10.2. The Labute approximate surface area is 119 Å². The van der Waals surface area contributed by atoms with E-state index in [-0.39, 0.29) is 0 Å². The van der Waals surface area contributed by atoms with Crippen molar-refractivity contribution in [2.24, 2.45) is 5.92 Å². The van der Waals surface area contributed by atoms with Crippen molar-refractivity contribution in [2.75, 3.05) is 46.6 Å². The molecule has 4 nitrogen and oxygen atoms in total. The van der Waals surface area contributed by atoms with Crippen LogP contribution in [0.1, 0.15) is 40.0 Å². The summed E-state index contributed by atoms with van der Waals surface area (Å²) in [5, 5.41) is 3.44. The van der Waals surface area contributed by atoms with Crippen LogP contribution in [-0.2, 0) is 14.2 Å².